The van der Waals surface area contributed by atoms with Crippen LogP contribution in [-0.4, -0.2) is 52.8 Å². The minimum atomic E-state index is -3.16. The van der Waals surface area contributed by atoms with Crippen LogP contribution in [0.1, 0.15) is 39.2 Å². The minimum Gasteiger partial charge on any atom is -0.469 e. The van der Waals surface area contributed by atoms with E-state index in [-0.39, 0.29) is 42.1 Å². The first kappa shape index (κ1) is 28.1. The van der Waals surface area contributed by atoms with Gasteiger partial charge in [-0.3, -0.25) is 9.59 Å². The van der Waals surface area contributed by atoms with E-state index in [1.165, 1.54) is 30.2 Å². The number of likely N-dealkylation sites (tertiary alicyclic amines) is 1. The number of benzene rings is 2. The highest BCUT2D eigenvalue weighted by Crippen LogP contribution is 2.36. The number of carbonyl (C=O) groups is 2. The molecule has 2 unspecified atom stereocenters. The average Bonchev–Trinajstić information content (AvgIpc) is 3.21. The number of methoxy groups -OCH3 is 1. The van der Waals surface area contributed by atoms with Gasteiger partial charge in [-0.05, 0) is 60.9 Å². The van der Waals surface area contributed by atoms with Crippen LogP contribution < -0.4 is 0 Å². The third-order valence-corrected chi connectivity index (χ3v) is 8.04. The topological polar surface area (TPSA) is 71.8 Å². The summed E-state index contributed by atoms with van der Waals surface area (Å²) in [6, 6.07) is 7.91. The Labute approximate surface area is 229 Å². The molecule has 0 saturated carbocycles. The Bertz CT molecular complexity index is 1440. The average molecular weight is 565 g/mol. The van der Waals surface area contributed by atoms with Crippen molar-refractivity contribution in [3.8, 4) is 0 Å². The van der Waals surface area contributed by atoms with E-state index in [4.69, 9.17) is 27.9 Å². The van der Waals surface area contributed by atoms with Crippen LogP contribution >= 0.6 is 23.2 Å². The van der Waals surface area contributed by atoms with Crippen molar-refractivity contribution in [1.29, 1.82) is 0 Å². The summed E-state index contributed by atoms with van der Waals surface area (Å²) >= 11 is 13.2. The fourth-order valence-electron chi connectivity index (χ4n) is 4.93. The standard InChI is InChI=1S/C28H28Cl2F2N2O4/c1-5-28(31,32)16-10-15(2)19-12-17(33(3)23(19)11-16)13-20-22(29)7-6-18(25(20)30)26(36)34-9-8-24(35)21(14-34)27(37)38-4/h5-7,10-12,21,24,35H,1,8-9,13-14H2,2-4H3. The van der Waals surface area contributed by atoms with Crippen molar-refractivity contribution >= 4 is 46.0 Å². The molecule has 1 aliphatic rings. The Kier molecular flexibility index (Phi) is 7.89. The van der Waals surface area contributed by atoms with Crippen LogP contribution in [0.3, 0.4) is 0 Å². The molecule has 0 radical (unpaired) electrons. The molecule has 2 aromatic carbocycles. The van der Waals surface area contributed by atoms with Gasteiger partial charge in [-0.1, -0.05) is 29.8 Å². The fourth-order valence-corrected chi connectivity index (χ4v) is 5.51. The number of ether oxygens (including phenoxy) is 1. The monoisotopic (exact) mass is 564 g/mol. The number of amides is 1. The Hall–Kier alpha value is -2.94. The first-order valence-electron chi connectivity index (χ1n) is 12.0. The molecule has 10 heteroatoms. The third-order valence-electron chi connectivity index (χ3n) is 7.25. The van der Waals surface area contributed by atoms with Crippen molar-refractivity contribution in [3.05, 3.63) is 81.0 Å². The van der Waals surface area contributed by atoms with Gasteiger partial charge >= 0.3 is 5.97 Å². The number of fused-ring (bicyclic) bond motifs is 1. The lowest BCUT2D eigenvalue weighted by atomic mass is 9.94. The molecule has 202 valence electrons. The number of aromatic nitrogens is 1. The van der Waals surface area contributed by atoms with Crippen molar-refractivity contribution in [2.24, 2.45) is 13.0 Å². The molecule has 0 bridgehead atoms. The molecule has 38 heavy (non-hydrogen) atoms. The molecule has 6 nitrogen and oxygen atoms in total. The number of hydrogen-bond acceptors (Lipinski definition) is 4. The minimum absolute atomic E-state index is 0.00111. The molecule has 1 amide bonds. The molecular weight excluding hydrogens is 537 g/mol. The highest BCUT2D eigenvalue weighted by atomic mass is 35.5. The zero-order chi connectivity index (χ0) is 27.9. The number of piperidine rings is 1. The second kappa shape index (κ2) is 10.7. The van der Waals surface area contributed by atoms with Crippen molar-refractivity contribution in [2.75, 3.05) is 20.2 Å². The van der Waals surface area contributed by atoms with Gasteiger partial charge in [-0.2, -0.15) is 8.78 Å². The molecule has 3 aromatic rings. The SMILES string of the molecule is C=CC(F)(F)c1cc(C)c2cc(Cc3c(Cl)ccc(C(=O)N4CCC(O)C(C(=O)OC)C4)c3Cl)n(C)c2c1. The van der Waals surface area contributed by atoms with E-state index >= 15 is 0 Å². The summed E-state index contributed by atoms with van der Waals surface area (Å²) in [6.07, 6.45) is 0.201. The summed E-state index contributed by atoms with van der Waals surface area (Å²) in [4.78, 5) is 26.9. The molecule has 1 aliphatic heterocycles. The predicted octanol–water partition coefficient (Wildman–Crippen LogP) is 5.66. The number of aryl methyl sites for hydroxylation is 2. The molecule has 0 spiro atoms. The van der Waals surface area contributed by atoms with E-state index in [2.05, 4.69) is 6.58 Å². The summed E-state index contributed by atoms with van der Waals surface area (Å²) < 4.78 is 35.2. The Balaban J connectivity index is 1.68. The Morgan fingerprint density at radius 2 is 1.97 bits per heavy atom. The van der Waals surface area contributed by atoms with Gasteiger partial charge in [0.15, 0.2) is 0 Å². The molecule has 1 N–H and O–H groups in total. The van der Waals surface area contributed by atoms with E-state index < -0.39 is 29.8 Å². The van der Waals surface area contributed by atoms with Crippen LogP contribution in [0.5, 0.6) is 0 Å². The third kappa shape index (κ3) is 5.05. The number of hydrogen-bond donors (Lipinski definition) is 1. The highest BCUT2D eigenvalue weighted by Gasteiger charge is 2.37. The lowest BCUT2D eigenvalue weighted by Crippen LogP contribution is -2.49. The maximum Gasteiger partial charge on any atom is 0.313 e. The number of nitrogens with zero attached hydrogens (tertiary/aromatic N) is 2. The van der Waals surface area contributed by atoms with E-state index in [0.29, 0.717) is 27.7 Å². The number of allylic oxidation sites excluding steroid dienone is 1. The normalized spacial score (nSPS) is 18.1. The smallest absolute Gasteiger partial charge is 0.313 e. The number of esters is 1. The van der Waals surface area contributed by atoms with Crippen molar-refractivity contribution in [2.45, 2.75) is 31.8 Å². The Morgan fingerprint density at radius 3 is 2.63 bits per heavy atom. The fraction of sp³-hybridized carbons (Fsp3) is 0.357. The van der Waals surface area contributed by atoms with Gasteiger partial charge in [-0.25, -0.2) is 0 Å². The largest absolute Gasteiger partial charge is 0.469 e. The molecule has 1 aromatic heterocycles. The number of aliphatic hydroxyl groups excluding tert-OH is 1. The number of aliphatic hydroxyl groups is 1. The van der Waals surface area contributed by atoms with Crippen LogP contribution in [0.25, 0.3) is 10.9 Å². The first-order valence-corrected chi connectivity index (χ1v) is 12.8. The van der Waals surface area contributed by atoms with Gasteiger partial charge in [-0.15, -0.1) is 0 Å². The van der Waals surface area contributed by atoms with E-state index in [0.717, 1.165) is 11.1 Å². The summed E-state index contributed by atoms with van der Waals surface area (Å²) in [7, 11) is 3.01. The molecule has 0 aliphatic carbocycles. The van der Waals surface area contributed by atoms with Crippen LogP contribution in [-0.2, 0) is 28.9 Å². The van der Waals surface area contributed by atoms with Gasteiger partial charge < -0.3 is 19.3 Å². The maximum atomic E-state index is 14.3. The van der Waals surface area contributed by atoms with E-state index in [1.54, 1.807) is 24.6 Å². The molecule has 2 atom stereocenters. The number of alkyl halides is 2. The van der Waals surface area contributed by atoms with Gasteiger partial charge in [0.05, 0.1) is 23.8 Å². The van der Waals surface area contributed by atoms with Crippen molar-refractivity contribution in [1.82, 2.24) is 9.47 Å². The molecule has 4 rings (SSSR count). The van der Waals surface area contributed by atoms with Crippen LogP contribution in [0, 0.1) is 12.8 Å². The van der Waals surface area contributed by atoms with Gasteiger partial charge in [0.1, 0.15) is 5.92 Å². The first-order chi connectivity index (χ1) is 17.9. The maximum absolute atomic E-state index is 14.3. The summed E-state index contributed by atoms with van der Waals surface area (Å²) in [5.74, 6) is -4.99. The zero-order valence-corrected chi connectivity index (χ0v) is 22.7. The summed E-state index contributed by atoms with van der Waals surface area (Å²) in [5, 5.41) is 11.5. The lowest BCUT2D eigenvalue weighted by molar-refractivity contribution is -0.151. The molecule has 1 saturated heterocycles. The number of halogens is 4. The number of rotatable bonds is 6. The highest BCUT2D eigenvalue weighted by molar-refractivity contribution is 6.38. The second-order valence-corrected chi connectivity index (χ2v) is 10.3. The van der Waals surface area contributed by atoms with E-state index in [1.807, 2.05) is 6.07 Å². The van der Waals surface area contributed by atoms with Crippen molar-refractivity contribution in [3.63, 3.8) is 0 Å². The van der Waals surface area contributed by atoms with Crippen LogP contribution in [0.2, 0.25) is 10.0 Å². The van der Waals surface area contributed by atoms with Crippen molar-refractivity contribution < 1.29 is 28.2 Å². The predicted molar refractivity (Wildman–Crippen MR) is 143 cm³/mol. The lowest BCUT2D eigenvalue weighted by Gasteiger charge is -2.35. The zero-order valence-electron chi connectivity index (χ0n) is 21.2. The quantitative estimate of drug-likeness (QED) is 0.310. The number of carbonyl (C=O) groups excluding carboxylic acids is 2. The van der Waals surface area contributed by atoms with Gasteiger partial charge in [0.2, 0.25) is 0 Å². The second-order valence-electron chi connectivity index (χ2n) is 9.55. The van der Waals surface area contributed by atoms with Crippen LogP contribution in [0.4, 0.5) is 8.78 Å². The summed E-state index contributed by atoms with van der Waals surface area (Å²) in [5.41, 5.74) is 2.66. The molecular formula is C28H28Cl2F2N2O4. The van der Waals surface area contributed by atoms with Gasteiger partial charge in [0, 0.05) is 53.7 Å². The van der Waals surface area contributed by atoms with Gasteiger partial charge in [0.25, 0.3) is 11.8 Å². The van der Waals surface area contributed by atoms with E-state index in [9.17, 15) is 23.5 Å². The van der Waals surface area contributed by atoms with Crippen LogP contribution in [0.15, 0.2) is 43.0 Å². The Morgan fingerprint density at radius 1 is 1.26 bits per heavy atom. The summed E-state index contributed by atoms with van der Waals surface area (Å²) in [6.45, 7) is 5.27. The molecule has 1 fully saturated rings. The molecule has 2 heterocycles.